The highest BCUT2D eigenvalue weighted by molar-refractivity contribution is 5.95. The van der Waals surface area contributed by atoms with Crippen molar-refractivity contribution in [2.24, 2.45) is 0 Å². The number of carbonyl (C=O) groups is 1. The van der Waals surface area contributed by atoms with E-state index >= 15 is 0 Å². The van der Waals surface area contributed by atoms with Crippen LogP contribution in [-0.2, 0) is 6.42 Å². The molecule has 0 unspecified atom stereocenters. The zero-order valence-electron chi connectivity index (χ0n) is 13.9. The predicted octanol–water partition coefficient (Wildman–Crippen LogP) is 4.09. The van der Waals surface area contributed by atoms with Gasteiger partial charge in [-0.2, -0.15) is 0 Å². The smallest absolute Gasteiger partial charge is 0.341 e. The number of benzene rings is 2. The van der Waals surface area contributed by atoms with Crippen LogP contribution in [0, 0.1) is 34.9 Å². The predicted molar refractivity (Wildman–Crippen MR) is 85.6 cm³/mol. The van der Waals surface area contributed by atoms with Crippen molar-refractivity contribution in [2.45, 2.75) is 13.3 Å². The molecule has 0 bridgehead atoms. The van der Waals surface area contributed by atoms with E-state index in [1.54, 1.807) is 0 Å². The zero-order valence-corrected chi connectivity index (χ0v) is 13.9. The van der Waals surface area contributed by atoms with Crippen LogP contribution in [0.3, 0.4) is 0 Å². The fraction of sp³-hybridized carbons (Fsp3) is 0.111. The topological polar surface area (TPSA) is 59.3 Å². The lowest BCUT2D eigenvalue weighted by atomic mass is 10.0. The van der Waals surface area contributed by atoms with Gasteiger partial charge in [-0.05, 0) is 18.6 Å². The summed E-state index contributed by atoms with van der Waals surface area (Å²) >= 11 is 0. The lowest BCUT2D eigenvalue weighted by Gasteiger charge is -2.20. The summed E-state index contributed by atoms with van der Waals surface area (Å²) < 4.78 is 84.4. The molecule has 0 saturated heterocycles. The molecule has 28 heavy (non-hydrogen) atoms. The van der Waals surface area contributed by atoms with Gasteiger partial charge in [-0.1, -0.05) is 6.92 Å². The third-order valence-corrected chi connectivity index (χ3v) is 4.18. The highest BCUT2D eigenvalue weighted by Gasteiger charge is 2.31. The monoisotopic (exact) mass is 401 g/mol. The number of carboxylic acids is 1. The second kappa shape index (κ2) is 6.70. The number of nitrogens with zero attached hydrogens (tertiary/aromatic N) is 1. The van der Waals surface area contributed by atoms with Gasteiger partial charge in [0.05, 0.1) is 16.6 Å². The molecule has 0 amide bonds. The van der Waals surface area contributed by atoms with Crippen LogP contribution in [0.2, 0.25) is 0 Å². The van der Waals surface area contributed by atoms with Gasteiger partial charge in [0.25, 0.3) is 0 Å². The van der Waals surface area contributed by atoms with E-state index in [1.165, 1.54) is 6.92 Å². The summed E-state index contributed by atoms with van der Waals surface area (Å²) in [6.07, 6.45) is -0.316. The van der Waals surface area contributed by atoms with Crippen molar-refractivity contribution in [2.75, 3.05) is 0 Å². The van der Waals surface area contributed by atoms with Crippen molar-refractivity contribution in [3.8, 4) is 5.69 Å². The normalized spacial score (nSPS) is 11.2. The number of fused-ring (bicyclic) bond motifs is 1. The molecule has 0 fully saturated rings. The lowest BCUT2D eigenvalue weighted by molar-refractivity contribution is 0.0693. The molecule has 2 aromatic carbocycles. The van der Waals surface area contributed by atoms with Crippen molar-refractivity contribution in [1.82, 2.24) is 4.57 Å². The first-order valence-corrected chi connectivity index (χ1v) is 7.74. The number of halogens is 6. The molecule has 0 radical (unpaired) electrons. The Hall–Kier alpha value is -3.30. The third-order valence-electron chi connectivity index (χ3n) is 4.18. The summed E-state index contributed by atoms with van der Waals surface area (Å²) in [5, 5.41) is 7.95. The Bertz CT molecular complexity index is 1220. The van der Waals surface area contributed by atoms with E-state index in [0.29, 0.717) is 10.6 Å². The van der Waals surface area contributed by atoms with E-state index < -0.39 is 74.1 Å². The van der Waals surface area contributed by atoms with Gasteiger partial charge in [-0.25, -0.2) is 31.1 Å². The van der Waals surface area contributed by atoms with Crippen LogP contribution in [0.25, 0.3) is 16.6 Å². The second-order valence-corrected chi connectivity index (χ2v) is 5.72. The summed E-state index contributed by atoms with van der Waals surface area (Å²) in [5.41, 5.74) is -5.08. The molecule has 3 rings (SSSR count). The molecule has 10 heteroatoms. The molecule has 1 aromatic heterocycles. The van der Waals surface area contributed by atoms with Gasteiger partial charge >= 0.3 is 5.97 Å². The van der Waals surface area contributed by atoms with Crippen molar-refractivity contribution in [3.63, 3.8) is 0 Å². The number of pyridine rings is 1. The fourth-order valence-corrected chi connectivity index (χ4v) is 3.02. The second-order valence-electron chi connectivity index (χ2n) is 5.72. The van der Waals surface area contributed by atoms with E-state index in [4.69, 9.17) is 0 Å². The average Bonchev–Trinajstić information content (AvgIpc) is 2.63. The molecular formula is C18H9F6NO3. The maximum atomic E-state index is 14.5. The number of aromatic carboxylic acids is 1. The summed E-state index contributed by atoms with van der Waals surface area (Å²) in [6, 6.07) is 1.86. The first kappa shape index (κ1) is 19.5. The van der Waals surface area contributed by atoms with Crippen LogP contribution >= 0.6 is 0 Å². The Morgan fingerprint density at radius 3 is 2.14 bits per heavy atom. The highest BCUT2D eigenvalue weighted by Crippen LogP contribution is 2.30. The van der Waals surface area contributed by atoms with Gasteiger partial charge in [-0.3, -0.25) is 4.79 Å². The van der Waals surface area contributed by atoms with Crippen molar-refractivity contribution in [3.05, 3.63) is 74.6 Å². The number of hydrogen-bond donors (Lipinski definition) is 1. The molecule has 0 spiro atoms. The molecular weight excluding hydrogens is 392 g/mol. The van der Waals surface area contributed by atoms with Gasteiger partial charge in [0.15, 0.2) is 23.3 Å². The van der Waals surface area contributed by atoms with E-state index in [-0.39, 0.29) is 6.42 Å². The molecule has 1 N–H and O–H groups in total. The molecule has 146 valence electrons. The third kappa shape index (κ3) is 2.63. The van der Waals surface area contributed by atoms with E-state index in [1.807, 2.05) is 0 Å². The molecule has 1 heterocycles. The molecule has 0 aliphatic rings. The van der Waals surface area contributed by atoms with Crippen molar-refractivity contribution < 1.29 is 36.2 Å². The Balaban J connectivity index is 2.75. The van der Waals surface area contributed by atoms with Crippen LogP contribution in [0.1, 0.15) is 23.0 Å². The van der Waals surface area contributed by atoms with Crippen molar-refractivity contribution in [1.29, 1.82) is 0 Å². The van der Waals surface area contributed by atoms with Crippen LogP contribution in [-0.4, -0.2) is 15.6 Å². The van der Waals surface area contributed by atoms with Gasteiger partial charge in [0, 0.05) is 11.8 Å². The Morgan fingerprint density at radius 2 is 1.61 bits per heavy atom. The Kier molecular flexibility index (Phi) is 4.66. The van der Waals surface area contributed by atoms with Crippen LogP contribution in [0.15, 0.2) is 23.0 Å². The van der Waals surface area contributed by atoms with Crippen LogP contribution < -0.4 is 5.43 Å². The first-order valence-electron chi connectivity index (χ1n) is 7.74. The molecule has 0 saturated carbocycles. The van der Waals surface area contributed by atoms with Crippen molar-refractivity contribution >= 4 is 16.9 Å². The van der Waals surface area contributed by atoms with Gasteiger partial charge < -0.3 is 9.67 Å². The quantitative estimate of drug-likeness (QED) is 0.409. The SMILES string of the molecule is CCc1c(C(=O)O)c(=O)c2c(F)c(F)c(F)c(F)c2n1-c1ccc(F)cc1F. The summed E-state index contributed by atoms with van der Waals surface area (Å²) in [4.78, 5) is 24.0. The number of hydrogen-bond acceptors (Lipinski definition) is 2. The van der Waals surface area contributed by atoms with E-state index in [0.717, 1.165) is 12.1 Å². The standard InChI is InChI=1S/C18H9F6NO3/c1-2-8-10(18(27)28)17(26)11-12(21)13(22)14(23)15(24)16(11)25(8)9-4-3-6(19)5-7(9)20/h3-5H,2H2,1H3,(H,27,28). The fourth-order valence-electron chi connectivity index (χ4n) is 3.02. The maximum Gasteiger partial charge on any atom is 0.341 e. The Labute approximate surface area is 152 Å². The summed E-state index contributed by atoms with van der Waals surface area (Å²) in [5.74, 6) is -13.0. The number of aromatic nitrogens is 1. The van der Waals surface area contributed by atoms with E-state index in [9.17, 15) is 41.0 Å². The van der Waals surface area contributed by atoms with Gasteiger partial charge in [-0.15, -0.1) is 0 Å². The lowest BCUT2D eigenvalue weighted by Crippen LogP contribution is -2.26. The molecule has 4 nitrogen and oxygen atoms in total. The molecule has 0 aliphatic carbocycles. The van der Waals surface area contributed by atoms with Crippen LogP contribution in [0.5, 0.6) is 0 Å². The van der Waals surface area contributed by atoms with Gasteiger partial charge in [0.1, 0.15) is 17.2 Å². The summed E-state index contributed by atoms with van der Waals surface area (Å²) in [7, 11) is 0. The molecule has 3 aromatic rings. The van der Waals surface area contributed by atoms with Crippen LogP contribution in [0.4, 0.5) is 26.3 Å². The molecule has 0 aliphatic heterocycles. The summed E-state index contributed by atoms with van der Waals surface area (Å²) in [6.45, 7) is 1.32. The minimum absolute atomic E-state index is 0.316. The minimum atomic E-state index is -2.33. The first-order chi connectivity index (χ1) is 13.1. The zero-order chi connectivity index (χ0) is 20.9. The highest BCUT2D eigenvalue weighted by atomic mass is 19.2. The van der Waals surface area contributed by atoms with E-state index in [2.05, 4.69) is 0 Å². The largest absolute Gasteiger partial charge is 0.477 e. The number of carboxylic acid groups (broad SMARTS) is 1. The number of rotatable bonds is 3. The minimum Gasteiger partial charge on any atom is -0.477 e. The average molecular weight is 401 g/mol. The molecule has 0 atom stereocenters. The maximum absolute atomic E-state index is 14.5. The van der Waals surface area contributed by atoms with Gasteiger partial charge in [0.2, 0.25) is 5.43 Å². The Morgan fingerprint density at radius 1 is 1.00 bits per heavy atom.